The highest BCUT2D eigenvalue weighted by molar-refractivity contribution is 9.10. The molecule has 3 nitrogen and oxygen atoms in total. The van der Waals surface area contributed by atoms with Gasteiger partial charge in [-0.15, -0.1) is 0 Å². The number of hydrogen-bond donors (Lipinski definition) is 0. The molecule has 5 heteroatoms. The zero-order valence-corrected chi connectivity index (χ0v) is 9.80. The Balaban J connectivity index is 2.44. The van der Waals surface area contributed by atoms with Crippen LogP contribution in [0.4, 0.5) is 0 Å². The lowest BCUT2D eigenvalue weighted by molar-refractivity contribution is 0.103. The first kappa shape index (κ1) is 9.61. The highest BCUT2D eigenvalue weighted by atomic mass is 79.9. The van der Waals surface area contributed by atoms with Crippen LogP contribution in [0.2, 0.25) is 0 Å². The van der Waals surface area contributed by atoms with Crippen LogP contribution in [0.1, 0.15) is 16.1 Å². The number of aryl methyl sites for hydroxylation is 1. The minimum Gasteiger partial charge on any atom is -0.331 e. The van der Waals surface area contributed by atoms with Gasteiger partial charge in [-0.3, -0.25) is 4.79 Å². The van der Waals surface area contributed by atoms with E-state index in [1.807, 2.05) is 10.8 Å². The van der Waals surface area contributed by atoms with Gasteiger partial charge in [0.2, 0.25) is 5.78 Å². The summed E-state index contributed by atoms with van der Waals surface area (Å²) in [5.74, 6) is -0.00174. The average Bonchev–Trinajstić information content (AvgIpc) is 2.73. The van der Waals surface area contributed by atoms with E-state index in [1.54, 1.807) is 24.1 Å². The summed E-state index contributed by atoms with van der Waals surface area (Å²) in [5, 5.41) is 3.73. The van der Waals surface area contributed by atoms with Crippen molar-refractivity contribution in [1.29, 1.82) is 0 Å². The summed E-state index contributed by atoms with van der Waals surface area (Å²) < 4.78 is 2.56. The molecular formula is C9H7BrN2OS. The molecule has 0 amide bonds. The third kappa shape index (κ3) is 1.53. The zero-order chi connectivity index (χ0) is 10.1. The predicted octanol–water partition coefficient (Wildman–Crippen LogP) is 2.48. The number of nitrogens with zero attached hydrogens (tertiary/aromatic N) is 2. The van der Waals surface area contributed by atoms with Crippen LogP contribution in [0.3, 0.4) is 0 Å². The summed E-state index contributed by atoms with van der Waals surface area (Å²) in [6, 6.07) is 0. The SMILES string of the molecule is Cn1cncc1C(=O)c1cscc1Br. The van der Waals surface area contributed by atoms with E-state index in [9.17, 15) is 4.79 Å². The van der Waals surface area contributed by atoms with E-state index in [0.717, 1.165) is 4.47 Å². The molecule has 2 heterocycles. The molecule has 72 valence electrons. The summed E-state index contributed by atoms with van der Waals surface area (Å²) in [7, 11) is 1.81. The van der Waals surface area contributed by atoms with Crippen molar-refractivity contribution >= 4 is 33.0 Å². The van der Waals surface area contributed by atoms with E-state index in [1.165, 1.54) is 11.3 Å². The van der Waals surface area contributed by atoms with E-state index >= 15 is 0 Å². The highest BCUT2D eigenvalue weighted by Gasteiger charge is 2.15. The molecule has 0 aliphatic rings. The van der Waals surface area contributed by atoms with Crippen LogP contribution in [0, 0.1) is 0 Å². The number of thiophene rings is 1. The largest absolute Gasteiger partial charge is 0.331 e. The fourth-order valence-electron chi connectivity index (χ4n) is 1.16. The molecule has 0 aromatic carbocycles. The monoisotopic (exact) mass is 270 g/mol. The quantitative estimate of drug-likeness (QED) is 0.786. The molecule has 0 unspecified atom stereocenters. The Hall–Kier alpha value is -0.940. The summed E-state index contributed by atoms with van der Waals surface area (Å²) >= 11 is 4.84. The van der Waals surface area contributed by atoms with Crippen molar-refractivity contribution in [2.45, 2.75) is 0 Å². The number of carbonyl (C=O) groups excluding carboxylic acids is 1. The lowest BCUT2D eigenvalue weighted by Crippen LogP contribution is -2.05. The van der Waals surface area contributed by atoms with Gasteiger partial charge < -0.3 is 4.57 Å². The lowest BCUT2D eigenvalue weighted by atomic mass is 10.2. The van der Waals surface area contributed by atoms with E-state index in [-0.39, 0.29) is 5.78 Å². The van der Waals surface area contributed by atoms with E-state index in [0.29, 0.717) is 11.3 Å². The van der Waals surface area contributed by atoms with E-state index in [2.05, 4.69) is 20.9 Å². The van der Waals surface area contributed by atoms with Gasteiger partial charge in [0.25, 0.3) is 0 Å². The van der Waals surface area contributed by atoms with Gasteiger partial charge in [-0.25, -0.2) is 4.98 Å². The Labute approximate surface area is 93.5 Å². The van der Waals surface area contributed by atoms with Crippen LogP contribution in [0.5, 0.6) is 0 Å². The van der Waals surface area contributed by atoms with Crippen LogP contribution >= 0.6 is 27.3 Å². The Morgan fingerprint density at radius 3 is 2.86 bits per heavy atom. The van der Waals surface area contributed by atoms with Gasteiger partial charge in [-0.1, -0.05) is 0 Å². The number of halogens is 1. The van der Waals surface area contributed by atoms with E-state index < -0.39 is 0 Å². The van der Waals surface area contributed by atoms with Crippen LogP contribution in [0.15, 0.2) is 27.8 Å². The van der Waals surface area contributed by atoms with Crippen molar-refractivity contribution in [1.82, 2.24) is 9.55 Å². The Kier molecular flexibility index (Phi) is 2.52. The second-order valence-electron chi connectivity index (χ2n) is 2.85. The van der Waals surface area contributed by atoms with Crippen molar-refractivity contribution in [3.05, 3.63) is 39.0 Å². The molecule has 0 bridgehead atoms. The molecule has 0 atom stereocenters. The fourth-order valence-corrected chi connectivity index (χ4v) is 2.61. The van der Waals surface area contributed by atoms with Gasteiger partial charge in [0.1, 0.15) is 5.69 Å². The fraction of sp³-hybridized carbons (Fsp3) is 0.111. The molecule has 0 saturated heterocycles. The van der Waals surface area contributed by atoms with Crippen LogP contribution in [-0.2, 0) is 7.05 Å². The summed E-state index contributed by atoms with van der Waals surface area (Å²) in [6.07, 6.45) is 3.19. The van der Waals surface area contributed by atoms with Gasteiger partial charge in [0.15, 0.2) is 0 Å². The minimum absolute atomic E-state index is 0.00174. The summed E-state index contributed by atoms with van der Waals surface area (Å²) in [5.41, 5.74) is 1.29. The second-order valence-corrected chi connectivity index (χ2v) is 4.45. The van der Waals surface area contributed by atoms with Gasteiger partial charge in [-0.05, 0) is 15.9 Å². The van der Waals surface area contributed by atoms with Gasteiger partial charge in [-0.2, -0.15) is 11.3 Å². The first-order valence-corrected chi connectivity index (χ1v) is 5.66. The molecule has 2 aromatic rings. The number of ketones is 1. The maximum atomic E-state index is 11.9. The Morgan fingerprint density at radius 2 is 2.36 bits per heavy atom. The third-order valence-electron chi connectivity index (χ3n) is 1.91. The predicted molar refractivity (Wildman–Crippen MR) is 58.7 cm³/mol. The first-order chi connectivity index (χ1) is 6.70. The molecule has 0 aliphatic carbocycles. The number of hydrogen-bond acceptors (Lipinski definition) is 3. The van der Waals surface area contributed by atoms with Gasteiger partial charge in [0.05, 0.1) is 12.5 Å². The van der Waals surface area contributed by atoms with E-state index in [4.69, 9.17) is 0 Å². The molecule has 2 rings (SSSR count). The highest BCUT2D eigenvalue weighted by Crippen LogP contribution is 2.23. The molecule has 0 saturated carbocycles. The van der Waals surface area contributed by atoms with Crippen LogP contribution in [0.25, 0.3) is 0 Å². The number of aromatic nitrogens is 2. The molecule has 0 N–H and O–H groups in total. The maximum absolute atomic E-state index is 11.9. The number of rotatable bonds is 2. The van der Waals surface area contributed by atoms with Crippen LogP contribution < -0.4 is 0 Å². The standard InChI is InChI=1S/C9H7BrN2OS/c1-12-5-11-2-8(12)9(13)6-3-14-4-7(6)10/h2-5H,1H3. The Morgan fingerprint density at radius 1 is 1.57 bits per heavy atom. The number of carbonyl (C=O) groups is 1. The lowest BCUT2D eigenvalue weighted by Gasteiger charge is -1.99. The molecular weight excluding hydrogens is 264 g/mol. The average molecular weight is 271 g/mol. The molecule has 14 heavy (non-hydrogen) atoms. The molecule has 0 fully saturated rings. The molecule has 0 aliphatic heterocycles. The summed E-state index contributed by atoms with van der Waals surface area (Å²) in [6.45, 7) is 0. The van der Waals surface area contributed by atoms with Gasteiger partial charge in [0, 0.05) is 27.8 Å². The molecule has 0 spiro atoms. The maximum Gasteiger partial charge on any atom is 0.212 e. The normalized spacial score (nSPS) is 10.4. The van der Waals surface area contributed by atoms with Crippen LogP contribution in [-0.4, -0.2) is 15.3 Å². The summed E-state index contributed by atoms with van der Waals surface area (Å²) in [4.78, 5) is 15.8. The molecule has 2 aromatic heterocycles. The van der Waals surface area contributed by atoms with Gasteiger partial charge >= 0.3 is 0 Å². The minimum atomic E-state index is -0.00174. The number of imidazole rings is 1. The smallest absolute Gasteiger partial charge is 0.212 e. The van der Waals surface area contributed by atoms with Crippen molar-refractivity contribution in [2.24, 2.45) is 7.05 Å². The Bertz CT molecular complexity index is 432. The van der Waals surface area contributed by atoms with Crippen molar-refractivity contribution < 1.29 is 4.79 Å². The van der Waals surface area contributed by atoms with Crippen molar-refractivity contribution in [2.75, 3.05) is 0 Å². The molecule has 0 radical (unpaired) electrons. The third-order valence-corrected chi connectivity index (χ3v) is 3.61. The second kappa shape index (κ2) is 3.67. The van der Waals surface area contributed by atoms with Crippen molar-refractivity contribution in [3.8, 4) is 0 Å². The first-order valence-electron chi connectivity index (χ1n) is 3.93. The topological polar surface area (TPSA) is 34.9 Å². The van der Waals surface area contributed by atoms with Crippen molar-refractivity contribution in [3.63, 3.8) is 0 Å². The zero-order valence-electron chi connectivity index (χ0n) is 7.40.